The summed E-state index contributed by atoms with van der Waals surface area (Å²) < 4.78 is 23.9. The number of fused-ring (bicyclic) bond motifs is 4. The van der Waals surface area contributed by atoms with Crippen molar-refractivity contribution in [3.05, 3.63) is 191 Å². The number of piperazine rings is 1. The molecule has 7 atom stereocenters. The third-order valence-corrected chi connectivity index (χ3v) is 17.0. The number of hydrogen-bond donors (Lipinski definition) is 3. The van der Waals surface area contributed by atoms with Gasteiger partial charge in [0.25, 0.3) is 0 Å². The molecule has 6 aromatic rings. The summed E-state index contributed by atoms with van der Waals surface area (Å²) in [4.78, 5) is 72.2. The Morgan fingerprint density at radius 1 is 0.750 bits per heavy atom. The van der Waals surface area contributed by atoms with Gasteiger partial charge in [-0.2, -0.15) is 0 Å². The summed E-state index contributed by atoms with van der Waals surface area (Å²) in [5.41, 5.74) is 1.71. The molecule has 1 aliphatic carbocycles. The molecule has 15 heteroatoms. The van der Waals surface area contributed by atoms with Gasteiger partial charge in [-0.25, -0.2) is 9.69 Å². The third-order valence-electron chi connectivity index (χ3n) is 17.0. The average Bonchev–Trinajstić information content (AvgIpc) is 4.25. The smallest absolute Gasteiger partial charge is 0.329 e. The van der Waals surface area contributed by atoms with Gasteiger partial charge in [0.15, 0.2) is 11.5 Å². The van der Waals surface area contributed by atoms with Crippen LogP contribution in [0.4, 0.5) is 10.5 Å². The molecule has 0 bridgehead atoms. The van der Waals surface area contributed by atoms with Crippen molar-refractivity contribution in [3.8, 4) is 29.1 Å². The van der Waals surface area contributed by atoms with E-state index in [1.54, 1.807) is 35.2 Å². The summed E-state index contributed by atoms with van der Waals surface area (Å²) in [6.45, 7) is 3.95. The molecule has 4 amide bonds. The SMILES string of the molecule is CC(NC(=O)N1C(=O)C2(c3cc(C#CC4(O)CCCCCC4)ccc31)C(C(=O)N1CCN(Cc3ccc4c(c3)OCO4)CC1)C1C(=O)OC(c3ccccc3)C(c3ccccc3)N1C2c1ccc(OCCO)cc1)c1ccccc1. The molecule has 1 spiro atoms. The number of aliphatic hydroxyl groups is 2. The zero-order chi connectivity index (χ0) is 55.0. The number of amides is 4. The number of carbonyl (C=O) groups excluding carboxylic acids is 4. The fraction of sp³-hybridized carbons (Fsp3) is 0.354. The van der Waals surface area contributed by atoms with Gasteiger partial charge >= 0.3 is 12.0 Å². The van der Waals surface area contributed by atoms with E-state index in [2.05, 4.69) is 22.1 Å². The number of hydrogen-bond acceptors (Lipinski definition) is 12. The molecule has 410 valence electrons. The van der Waals surface area contributed by atoms with Gasteiger partial charge in [0.1, 0.15) is 35.5 Å². The maximum atomic E-state index is 17.1. The first-order chi connectivity index (χ1) is 39.0. The molecule has 12 rings (SSSR count). The number of morpholine rings is 1. The van der Waals surface area contributed by atoms with Crippen molar-refractivity contribution in [2.45, 2.75) is 93.3 Å². The molecule has 1 saturated carbocycles. The number of rotatable bonds is 11. The number of nitrogens with one attached hydrogen (secondary N) is 1. The molecule has 15 nitrogen and oxygen atoms in total. The van der Waals surface area contributed by atoms with Crippen LogP contribution in [0.15, 0.2) is 152 Å². The molecule has 0 radical (unpaired) electrons. The van der Waals surface area contributed by atoms with Gasteiger partial charge in [-0.05, 0) is 108 Å². The highest BCUT2D eigenvalue weighted by atomic mass is 16.7. The Hall–Kier alpha value is -8.00. The van der Waals surface area contributed by atoms with Crippen molar-refractivity contribution in [1.82, 2.24) is 20.0 Å². The molecule has 6 aliphatic rings. The summed E-state index contributed by atoms with van der Waals surface area (Å²) >= 11 is 0. The number of aliphatic hydroxyl groups excluding tert-OH is 1. The fourth-order valence-electron chi connectivity index (χ4n) is 13.2. The van der Waals surface area contributed by atoms with E-state index in [9.17, 15) is 10.2 Å². The van der Waals surface area contributed by atoms with Crippen LogP contribution in [0.3, 0.4) is 0 Å². The standard InChI is InChI=1S/C65H65N5O10/c1-43(46-15-7-4-8-16-46)66-63(75)69-52-27-21-44(29-32-64(76)30-13-2-3-14-31-64)39-51(52)65(62(69)74)55(60(72)68-35-33-67(34-36-68)41-45-22-28-53-54(40-45)79-42-78-53)57-61(73)80-58(48-19-11-6-12-20-48)56(47-17-9-5-10-18-47)70(57)59(65)49-23-25-50(26-24-49)77-38-37-71/h4-12,15-28,39-40,43,55-59,71,76H,2-3,13-14,30-31,33-38,41-42H2,1H3,(H,66,75). The molecule has 7 unspecified atom stereocenters. The van der Waals surface area contributed by atoms with Crippen LogP contribution < -0.4 is 24.4 Å². The first kappa shape index (κ1) is 52.7. The second-order valence-corrected chi connectivity index (χ2v) is 21.8. The fourth-order valence-corrected chi connectivity index (χ4v) is 13.2. The number of ether oxygens (including phenoxy) is 4. The van der Waals surface area contributed by atoms with Crippen LogP contribution in [0.1, 0.15) is 109 Å². The Bertz CT molecular complexity index is 3320. The number of carbonyl (C=O) groups is 4. The van der Waals surface area contributed by atoms with Gasteiger partial charge in [0.05, 0.1) is 36.3 Å². The van der Waals surface area contributed by atoms with Gasteiger partial charge in [-0.15, -0.1) is 0 Å². The quantitative estimate of drug-likeness (QED) is 0.0642. The summed E-state index contributed by atoms with van der Waals surface area (Å²) in [5, 5.41) is 24.8. The van der Waals surface area contributed by atoms with E-state index in [0.29, 0.717) is 72.0 Å². The van der Waals surface area contributed by atoms with Crippen LogP contribution in [0, 0.1) is 17.8 Å². The molecule has 3 N–H and O–H groups in total. The van der Waals surface area contributed by atoms with Crippen molar-refractivity contribution in [1.29, 1.82) is 0 Å². The van der Waals surface area contributed by atoms with E-state index >= 15 is 19.2 Å². The van der Waals surface area contributed by atoms with Crippen molar-refractivity contribution in [2.24, 2.45) is 5.92 Å². The van der Waals surface area contributed by atoms with E-state index < -0.39 is 71.0 Å². The third kappa shape index (κ3) is 9.74. The maximum Gasteiger partial charge on any atom is 0.329 e. The van der Waals surface area contributed by atoms with Crippen molar-refractivity contribution >= 4 is 29.5 Å². The number of nitrogens with zero attached hydrogens (tertiary/aromatic N) is 4. The highest BCUT2D eigenvalue weighted by Crippen LogP contribution is 2.66. The number of imide groups is 1. The number of anilines is 1. The second kappa shape index (κ2) is 22.3. The largest absolute Gasteiger partial charge is 0.491 e. The van der Waals surface area contributed by atoms with Crippen LogP contribution in [-0.4, -0.2) is 107 Å². The molecule has 4 fully saturated rings. The molecule has 5 heterocycles. The lowest BCUT2D eigenvalue weighted by molar-refractivity contribution is -0.179. The molecular formula is C65H65N5O10. The first-order valence-electron chi connectivity index (χ1n) is 28.0. The molecule has 3 saturated heterocycles. The van der Waals surface area contributed by atoms with E-state index in [-0.39, 0.29) is 38.8 Å². The Labute approximate surface area is 466 Å². The number of urea groups is 1. The lowest BCUT2D eigenvalue weighted by atomic mass is 9.64. The van der Waals surface area contributed by atoms with Crippen LogP contribution in [0.2, 0.25) is 0 Å². The highest BCUT2D eigenvalue weighted by molar-refractivity contribution is 6.24. The molecule has 6 aromatic carbocycles. The zero-order valence-corrected chi connectivity index (χ0v) is 44.7. The monoisotopic (exact) mass is 1080 g/mol. The topological polar surface area (TPSA) is 171 Å². The number of esters is 1. The molecule has 5 aliphatic heterocycles. The maximum absolute atomic E-state index is 17.1. The first-order valence-corrected chi connectivity index (χ1v) is 28.0. The van der Waals surface area contributed by atoms with Crippen molar-refractivity contribution in [2.75, 3.05) is 51.1 Å². The number of cyclic esters (lactones) is 1. The van der Waals surface area contributed by atoms with E-state index in [1.807, 2.05) is 133 Å². The van der Waals surface area contributed by atoms with Gasteiger partial charge in [0.2, 0.25) is 18.6 Å². The van der Waals surface area contributed by atoms with Crippen LogP contribution >= 0.6 is 0 Å². The Morgan fingerprint density at radius 2 is 1.43 bits per heavy atom. The zero-order valence-electron chi connectivity index (χ0n) is 44.7. The van der Waals surface area contributed by atoms with E-state index in [1.165, 1.54) is 0 Å². The van der Waals surface area contributed by atoms with Gasteiger partial charge in [0, 0.05) is 38.3 Å². The predicted molar refractivity (Wildman–Crippen MR) is 298 cm³/mol. The van der Waals surface area contributed by atoms with Crippen LogP contribution in [-0.2, 0) is 31.1 Å². The lowest BCUT2D eigenvalue weighted by Gasteiger charge is -2.46. The van der Waals surface area contributed by atoms with E-state index in [0.717, 1.165) is 47.3 Å². The average molecular weight is 1080 g/mol. The minimum Gasteiger partial charge on any atom is -0.491 e. The normalized spacial score (nSPS) is 24.5. The summed E-state index contributed by atoms with van der Waals surface area (Å²) in [7, 11) is 0. The molecule has 0 aromatic heterocycles. The summed E-state index contributed by atoms with van der Waals surface area (Å²) in [5.74, 6) is 5.10. The van der Waals surface area contributed by atoms with Crippen LogP contribution in [0.25, 0.3) is 0 Å². The number of benzene rings is 6. The second-order valence-electron chi connectivity index (χ2n) is 21.8. The predicted octanol–water partition coefficient (Wildman–Crippen LogP) is 8.70. The summed E-state index contributed by atoms with van der Waals surface area (Å²) in [6, 6.07) is 42.5. The van der Waals surface area contributed by atoms with Gasteiger partial charge in [-0.1, -0.05) is 134 Å². The minimum absolute atomic E-state index is 0.0401. The molecular weight excluding hydrogens is 1010 g/mol. The van der Waals surface area contributed by atoms with E-state index in [4.69, 9.17) is 18.9 Å². The minimum atomic E-state index is -2.02. The lowest BCUT2D eigenvalue weighted by Crippen LogP contribution is -2.59. The Balaban J connectivity index is 1.06. The van der Waals surface area contributed by atoms with Gasteiger partial charge < -0.3 is 39.4 Å². The Kier molecular flexibility index (Phi) is 14.7. The Morgan fingerprint density at radius 3 is 2.12 bits per heavy atom. The molecule has 80 heavy (non-hydrogen) atoms. The van der Waals surface area contributed by atoms with Crippen LogP contribution in [0.5, 0.6) is 17.2 Å². The summed E-state index contributed by atoms with van der Waals surface area (Å²) in [6.07, 6.45) is 3.80. The van der Waals surface area contributed by atoms with Crippen molar-refractivity contribution < 1.29 is 48.3 Å². The van der Waals surface area contributed by atoms with Crippen molar-refractivity contribution in [3.63, 3.8) is 0 Å². The van der Waals surface area contributed by atoms with Gasteiger partial charge in [-0.3, -0.25) is 24.2 Å². The highest BCUT2D eigenvalue weighted by Gasteiger charge is 2.76.